The fourth-order valence-electron chi connectivity index (χ4n) is 3.71. The van der Waals surface area contributed by atoms with Crippen LogP contribution in [0.5, 0.6) is 5.75 Å². The third-order valence-corrected chi connectivity index (χ3v) is 5.50. The van der Waals surface area contributed by atoms with Gasteiger partial charge in [-0.2, -0.15) is 5.26 Å². The summed E-state index contributed by atoms with van der Waals surface area (Å²) in [4.78, 5) is 13.1. The number of hydrogen-bond acceptors (Lipinski definition) is 4. The van der Waals surface area contributed by atoms with E-state index in [1.54, 1.807) is 7.11 Å². The summed E-state index contributed by atoms with van der Waals surface area (Å²) in [6.07, 6.45) is 1.83. The van der Waals surface area contributed by atoms with Gasteiger partial charge in [0.15, 0.2) is 0 Å². The maximum absolute atomic E-state index is 13.1. The highest BCUT2D eigenvalue weighted by Crippen LogP contribution is 2.34. The monoisotopic (exact) mass is 450 g/mol. The zero-order valence-corrected chi connectivity index (χ0v) is 19.5. The molecule has 0 fully saturated rings. The van der Waals surface area contributed by atoms with Crippen LogP contribution >= 0.6 is 0 Å². The lowest BCUT2D eigenvalue weighted by atomic mass is 9.99. The third-order valence-electron chi connectivity index (χ3n) is 5.50. The number of allylic oxidation sites excluding steroid dienone is 1. The average Bonchev–Trinajstić information content (AvgIpc) is 3.26. The summed E-state index contributed by atoms with van der Waals surface area (Å²) in [5.74, 6) is 1.47. The number of furan rings is 1. The Labute approximate surface area is 199 Å². The van der Waals surface area contributed by atoms with Gasteiger partial charge in [-0.3, -0.25) is 4.79 Å². The van der Waals surface area contributed by atoms with Crippen LogP contribution in [0.2, 0.25) is 0 Å². The zero-order valence-electron chi connectivity index (χ0n) is 19.5. The van der Waals surface area contributed by atoms with E-state index < -0.39 is 0 Å². The minimum Gasteiger partial charge on any atom is -0.497 e. The van der Waals surface area contributed by atoms with E-state index in [-0.39, 0.29) is 5.91 Å². The fraction of sp³-hybridized carbons (Fsp3) is 0.172. The number of para-hydroxylation sites is 1. The third kappa shape index (κ3) is 4.87. The Morgan fingerprint density at radius 3 is 2.41 bits per heavy atom. The number of ether oxygens (including phenoxy) is 1. The van der Waals surface area contributed by atoms with Gasteiger partial charge in [-0.25, -0.2) is 0 Å². The first-order chi connectivity index (χ1) is 16.5. The number of carbonyl (C=O) groups is 1. The number of nitrogens with zero attached hydrogens (tertiary/aromatic N) is 1. The highest BCUT2D eigenvalue weighted by molar-refractivity contribution is 6.11. The quantitative estimate of drug-likeness (QED) is 0.256. The first-order valence-corrected chi connectivity index (χ1v) is 11.2. The summed E-state index contributed by atoms with van der Waals surface area (Å²) < 4.78 is 11.3. The second-order valence-electron chi connectivity index (χ2n) is 8.43. The van der Waals surface area contributed by atoms with E-state index >= 15 is 0 Å². The van der Waals surface area contributed by atoms with Crippen molar-refractivity contribution in [2.45, 2.75) is 13.8 Å². The molecule has 1 heterocycles. The molecule has 170 valence electrons. The predicted molar refractivity (Wildman–Crippen MR) is 135 cm³/mol. The summed E-state index contributed by atoms with van der Waals surface area (Å²) >= 11 is 0. The molecule has 0 atom stereocenters. The number of nitrogens with one attached hydrogen (secondary N) is 1. The molecule has 0 spiro atoms. The van der Waals surface area contributed by atoms with Crippen molar-refractivity contribution in [2.24, 2.45) is 5.92 Å². The number of benzene rings is 3. The maximum Gasteiger partial charge on any atom is 0.255 e. The SMILES string of the molecule is COc1ccc(/C=C(\C#N)c2ccc(-c3oc4ccccc4c3C(=O)NCC(C)C)cc2)cc1. The summed E-state index contributed by atoms with van der Waals surface area (Å²) in [5.41, 5.74) is 4.19. The van der Waals surface area contributed by atoms with Crippen molar-refractivity contribution in [3.05, 3.63) is 89.5 Å². The molecule has 0 aliphatic heterocycles. The second-order valence-corrected chi connectivity index (χ2v) is 8.43. The normalized spacial score (nSPS) is 11.4. The van der Waals surface area contributed by atoms with Gasteiger partial charge in [0.1, 0.15) is 17.1 Å². The summed E-state index contributed by atoms with van der Waals surface area (Å²) in [6.45, 7) is 4.69. The predicted octanol–water partition coefficient (Wildman–Crippen LogP) is 6.56. The lowest BCUT2D eigenvalue weighted by molar-refractivity contribution is 0.0950. The van der Waals surface area contributed by atoms with E-state index in [4.69, 9.17) is 9.15 Å². The highest BCUT2D eigenvalue weighted by Gasteiger charge is 2.22. The first kappa shape index (κ1) is 22.9. The van der Waals surface area contributed by atoms with Gasteiger partial charge < -0.3 is 14.5 Å². The summed E-state index contributed by atoms with van der Waals surface area (Å²) in [7, 11) is 1.62. The molecular formula is C29H26N2O3. The minimum atomic E-state index is -0.158. The molecule has 3 aromatic carbocycles. The van der Waals surface area contributed by atoms with Crippen LogP contribution in [0.25, 0.3) is 33.9 Å². The van der Waals surface area contributed by atoms with Crippen LogP contribution in [0.3, 0.4) is 0 Å². The second kappa shape index (κ2) is 10.1. The van der Waals surface area contributed by atoms with Gasteiger partial charge in [-0.05, 0) is 41.3 Å². The van der Waals surface area contributed by atoms with E-state index in [2.05, 4.69) is 25.2 Å². The van der Waals surface area contributed by atoms with Crippen LogP contribution in [0.4, 0.5) is 0 Å². The van der Waals surface area contributed by atoms with E-state index in [1.807, 2.05) is 78.9 Å². The topological polar surface area (TPSA) is 75.3 Å². The number of carbonyl (C=O) groups excluding carboxylic acids is 1. The molecule has 5 nitrogen and oxygen atoms in total. The molecule has 4 aromatic rings. The van der Waals surface area contributed by atoms with E-state index in [0.29, 0.717) is 34.9 Å². The van der Waals surface area contributed by atoms with Crippen molar-refractivity contribution in [1.29, 1.82) is 5.26 Å². The van der Waals surface area contributed by atoms with Crippen LogP contribution in [-0.2, 0) is 0 Å². The Morgan fingerprint density at radius 1 is 1.06 bits per heavy atom. The Hall–Kier alpha value is -4.30. The van der Waals surface area contributed by atoms with Crippen molar-refractivity contribution in [1.82, 2.24) is 5.32 Å². The molecular weight excluding hydrogens is 424 g/mol. The van der Waals surface area contributed by atoms with Gasteiger partial charge in [0.2, 0.25) is 0 Å². The lowest BCUT2D eigenvalue weighted by Crippen LogP contribution is -2.27. The Kier molecular flexibility index (Phi) is 6.79. The smallest absolute Gasteiger partial charge is 0.255 e. The molecule has 0 radical (unpaired) electrons. The van der Waals surface area contributed by atoms with Crippen LogP contribution in [-0.4, -0.2) is 19.6 Å². The zero-order chi connectivity index (χ0) is 24.1. The number of methoxy groups -OCH3 is 1. The molecule has 4 rings (SSSR count). The van der Waals surface area contributed by atoms with Crippen molar-refractivity contribution >= 4 is 28.5 Å². The van der Waals surface area contributed by atoms with Gasteiger partial charge in [-0.15, -0.1) is 0 Å². The molecule has 0 aliphatic carbocycles. The van der Waals surface area contributed by atoms with E-state index in [9.17, 15) is 10.1 Å². The van der Waals surface area contributed by atoms with Gasteiger partial charge in [0.05, 0.1) is 24.3 Å². The average molecular weight is 451 g/mol. The molecule has 1 aromatic heterocycles. The summed E-state index contributed by atoms with van der Waals surface area (Å²) in [5, 5.41) is 13.5. The lowest BCUT2D eigenvalue weighted by Gasteiger charge is -2.09. The van der Waals surface area contributed by atoms with Gasteiger partial charge in [0.25, 0.3) is 5.91 Å². The molecule has 0 unspecified atom stereocenters. The Balaban J connectivity index is 1.69. The number of hydrogen-bond donors (Lipinski definition) is 1. The summed E-state index contributed by atoms with van der Waals surface area (Å²) in [6, 6.07) is 24.8. The Bertz CT molecular complexity index is 1370. The molecule has 1 amide bonds. The van der Waals surface area contributed by atoms with Crippen molar-refractivity contribution in [3.8, 4) is 23.1 Å². The maximum atomic E-state index is 13.1. The van der Waals surface area contributed by atoms with Crippen LogP contribution in [0, 0.1) is 17.2 Å². The molecule has 34 heavy (non-hydrogen) atoms. The standard InChI is InChI=1S/C29H26N2O3/c1-19(2)18-31-29(32)27-25-6-4-5-7-26(25)34-28(27)22-12-10-21(11-13-22)23(17-30)16-20-8-14-24(33-3)15-9-20/h4-16,19H,18H2,1-3H3,(H,31,32)/b23-16+. The molecule has 0 saturated carbocycles. The fourth-order valence-corrected chi connectivity index (χ4v) is 3.71. The number of amides is 1. The highest BCUT2D eigenvalue weighted by atomic mass is 16.5. The van der Waals surface area contributed by atoms with Gasteiger partial charge >= 0.3 is 0 Å². The van der Waals surface area contributed by atoms with E-state index in [0.717, 1.165) is 27.8 Å². The first-order valence-electron chi connectivity index (χ1n) is 11.2. The van der Waals surface area contributed by atoms with Gasteiger partial charge in [0, 0.05) is 17.5 Å². The van der Waals surface area contributed by atoms with Crippen molar-refractivity contribution in [3.63, 3.8) is 0 Å². The molecule has 0 bridgehead atoms. The molecule has 1 N–H and O–H groups in total. The van der Waals surface area contributed by atoms with Crippen LogP contribution in [0.1, 0.15) is 35.3 Å². The Morgan fingerprint density at radius 2 is 1.76 bits per heavy atom. The molecule has 0 saturated heterocycles. The van der Waals surface area contributed by atoms with Crippen molar-refractivity contribution < 1.29 is 13.9 Å². The number of rotatable bonds is 7. The minimum absolute atomic E-state index is 0.158. The van der Waals surface area contributed by atoms with Crippen LogP contribution < -0.4 is 10.1 Å². The van der Waals surface area contributed by atoms with Gasteiger partial charge in [-0.1, -0.05) is 68.4 Å². The molecule has 0 aliphatic rings. The number of nitriles is 1. The van der Waals surface area contributed by atoms with Crippen molar-refractivity contribution in [2.75, 3.05) is 13.7 Å². The molecule has 5 heteroatoms. The largest absolute Gasteiger partial charge is 0.497 e. The number of fused-ring (bicyclic) bond motifs is 1. The van der Waals surface area contributed by atoms with Crippen LogP contribution in [0.15, 0.2) is 77.2 Å². The van der Waals surface area contributed by atoms with E-state index in [1.165, 1.54) is 0 Å².